The first-order chi connectivity index (χ1) is 11.5. The van der Waals surface area contributed by atoms with Gasteiger partial charge in [0.25, 0.3) is 11.8 Å². The zero-order valence-electron chi connectivity index (χ0n) is 13.5. The Balaban J connectivity index is 2.02. The number of anilines is 1. The van der Waals surface area contributed by atoms with Crippen molar-refractivity contribution in [3.8, 4) is 0 Å². The molecule has 1 aromatic carbocycles. The Morgan fingerprint density at radius 1 is 1.04 bits per heavy atom. The number of nitrogens with one attached hydrogen (secondary N) is 2. The van der Waals surface area contributed by atoms with Crippen LogP contribution in [0.2, 0.25) is 0 Å². The standard InChI is InChI=1S/C17H19FN4O2/c1-22(2)11-10-19-16(23)14-4-3-5-15(21-14)17(24)20-13-8-6-12(18)7-9-13/h3-9H,10-11H2,1-2H3,(H,19,23)(H,20,24). The predicted octanol–water partition coefficient (Wildman–Crippen LogP) is 1.76. The van der Waals surface area contributed by atoms with Gasteiger partial charge in [-0.1, -0.05) is 6.07 Å². The molecule has 0 atom stereocenters. The number of benzene rings is 1. The Morgan fingerprint density at radius 3 is 2.29 bits per heavy atom. The molecule has 126 valence electrons. The van der Waals surface area contributed by atoms with E-state index in [1.165, 1.54) is 30.3 Å². The zero-order chi connectivity index (χ0) is 17.5. The maximum Gasteiger partial charge on any atom is 0.274 e. The topological polar surface area (TPSA) is 74.3 Å². The third-order valence-corrected chi connectivity index (χ3v) is 3.16. The fourth-order valence-electron chi connectivity index (χ4n) is 1.90. The van der Waals surface area contributed by atoms with Crippen LogP contribution in [0.25, 0.3) is 0 Å². The minimum Gasteiger partial charge on any atom is -0.349 e. The van der Waals surface area contributed by atoms with Crippen molar-refractivity contribution in [2.45, 2.75) is 0 Å². The molecule has 2 amide bonds. The van der Waals surface area contributed by atoms with E-state index in [0.717, 1.165) is 0 Å². The lowest BCUT2D eigenvalue weighted by Gasteiger charge is -2.10. The summed E-state index contributed by atoms with van der Waals surface area (Å²) in [6.07, 6.45) is 0. The number of halogens is 1. The first-order valence-corrected chi connectivity index (χ1v) is 7.42. The molecule has 2 aromatic rings. The van der Waals surface area contributed by atoms with Crippen LogP contribution in [0.1, 0.15) is 21.0 Å². The highest BCUT2D eigenvalue weighted by Gasteiger charge is 2.12. The van der Waals surface area contributed by atoms with Crippen LogP contribution in [0.5, 0.6) is 0 Å². The van der Waals surface area contributed by atoms with E-state index in [4.69, 9.17) is 0 Å². The van der Waals surface area contributed by atoms with Crippen molar-refractivity contribution in [2.24, 2.45) is 0 Å². The molecule has 7 heteroatoms. The number of nitrogens with zero attached hydrogens (tertiary/aromatic N) is 2. The second-order valence-electron chi connectivity index (χ2n) is 5.43. The molecular formula is C17H19FN4O2. The van der Waals surface area contributed by atoms with Crippen LogP contribution in [0, 0.1) is 5.82 Å². The molecule has 6 nitrogen and oxygen atoms in total. The van der Waals surface area contributed by atoms with E-state index in [0.29, 0.717) is 18.8 Å². The number of pyridine rings is 1. The first-order valence-electron chi connectivity index (χ1n) is 7.42. The molecule has 0 aliphatic carbocycles. The fraction of sp³-hybridized carbons (Fsp3) is 0.235. The van der Waals surface area contributed by atoms with Crippen LogP contribution < -0.4 is 10.6 Å². The summed E-state index contributed by atoms with van der Waals surface area (Å²) < 4.78 is 12.9. The van der Waals surface area contributed by atoms with Crippen molar-refractivity contribution in [1.29, 1.82) is 0 Å². The molecular weight excluding hydrogens is 311 g/mol. The Hall–Kier alpha value is -2.80. The zero-order valence-corrected chi connectivity index (χ0v) is 13.5. The number of hydrogen-bond acceptors (Lipinski definition) is 4. The van der Waals surface area contributed by atoms with Gasteiger partial charge in [0.05, 0.1) is 0 Å². The largest absolute Gasteiger partial charge is 0.349 e. The molecule has 1 aromatic heterocycles. The molecule has 24 heavy (non-hydrogen) atoms. The highest BCUT2D eigenvalue weighted by atomic mass is 19.1. The highest BCUT2D eigenvalue weighted by molar-refractivity contribution is 6.03. The Kier molecular flexibility index (Phi) is 5.97. The Labute approximate surface area is 139 Å². The van der Waals surface area contributed by atoms with Gasteiger partial charge in [0, 0.05) is 18.8 Å². The maximum atomic E-state index is 12.9. The predicted molar refractivity (Wildman–Crippen MR) is 89.5 cm³/mol. The second kappa shape index (κ2) is 8.16. The van der Waals surface area contributed by atoms with Crippen molar-refractivity contribution in [1.82, 2.24) is 15.2 Å². The van der Waals surface area contributed by atoms with Crippen LogP contribution in [0.3, 0.4) is 0 Å². The van der Waals surface area contributed by atoms with Crippen LogP contribution in [0.4, 0.5) is 10.1 Å². The summed E-state index contributed by atoms with van der Waals surface area (Å²) in [5, 5.41) is 5.34. The summed E-state index contributed by atoms with van der Waals surface area (Å²) in [5.74, 6) is -1.19. The monoisotopic (exact) mass is 330 g/mol. The lowest BCUT2D eigenvalue weighted by Crippen LogP contribution is -2.32. The number of carbonyl (C=O) groups excluding carboxylic acids is 2. The van der Waals surface area contributed by atoms with E-state index in [2.05, 4.69) is 15.6 Å². The Bertz CT molecular complexity index is 717. The average Bonchev–Trinajstić information content (AvgIpc) is 2.56. The fourth-order valence-corrected chi connectivity index (χ4v) is 1.90. The normalized spacial score (nSPS) is 10.5. The molecule has 1 heterocycles. The van der Waals surface area contributed by atoms with Crippen LogP contribution in [0.15, 0.2) is 42.5 Å². The van der Waals surface area contributed by atoms with Gasteiger partial charge in [-0.25, -0.2) is 9.37 Å². The van der Waals surface area contributed by atoms with Crippen molar-refractivity contribution in [3.05, 3.63) is 59.7 Å². The molecule has 2 N–H and O–H groups in total. The van der Waals surface area contributed by atoms with Gasteiger partial charge in [0.15, 0.2) is 0 Å². The van der Waals surface area contributed by atoms with Gasteiger partial charge in [-0.05, 0) is 50.5 Å². The number of amides is 2. The minimum absolute atomic E-state index is 0.111. The number of carbonyl (C=O) groups is 2. The molecule has 0 radical (unpaired) electrons. The van der Waals surface area contributed by atoms with Crippen molar-refractivity contribution in [3.63, 3.8) is 0 Å². The molecule has 2 rings (SSSR count). The average molecular weight is 330 g/mol. The smallest absolute Gasteiger partial charge is 0.274 e. The van der Waals surface area contributed by atoms with E-state index < -0.39 is 5.91 Å². The van der Waals surface area contributed by atoms with E-state index in [1.54, 1.807) is 12.1 Å². The van der Waals surface area contributed by atoms with Gasteiger partial charge in [0.2, 0.25) is 0 Å². The molecule has 0 unspecified atom stereocenters. The maximum absolute atomic E-state index is 12.9. The number of aromatic nitrogens is 1. The molecule has 0 saturated carbocycles. The van der Waals surface area contributed by atoms with Crippen molar-refractivity contribution < 1.29 is 14.0 Å². The van der Waals surface area contributed by atoms with Crippen LogP contribution in [-0.2, 0) is 0 Å². The van der Waals surface area contributed by atoms with Gasteiger partial charge in [-0.2, -0.15) is 0 Å². The third kappa shape index (κ3) is 5.13. The molecule has 0 saturated heterocycles. The van der Waals surface area contributed by atoms with E-state index >= 15 is 0 Å². The molecule has 0 bridgehead atoms. The minimum atomic E-state index is -0.468. The SMILES string of the molecule is CN(C)CCNC(=O)c1cccc(C(=O)Nc2ccc(F)cc2)n1. The lowest BCUT2D eigenvalue weighted by molar-refractivity contribution is 0.0946. The van der Waals surface area contributed by atoms with Gasteiger partial charge in [0.1, 0.15) is 17.2 Å². The Morgan fingerprint density at radius 2 is 1.67 bits per heavy atom. The van der Waals surface area contributed by atoms with E-state index in [-0.39, 0.29) is 23.1 Å². The summed E-state index contributed by atoms with van der Waals surface area (Å²) in [5.41, 5.74) is 0.726. The second-order valence-corrected chi connectivity index (χ2v) is 5.43. The number of likely N-dealkylation sites (N-methyl/N-ethyl adjacent to an activating group) is 1. The van der Waals surface area contributed by atoms with Gasteiger partial charge in [-0.3, -0.25) is 9.59 Å². The summed E-state index contributed by atoms with van der Waals surface area (Å²) in [4.78, 5) is 30.2. The first kappa shape index (κ1) is 17.6. The molecule has 0 fully saturated rings. The van der Waals surface area contributed by atoms with Crippen molar-refractivity contribution >= 4 is 17.5 Å². The van der Waals surface area contributed by atoms with Gasteiger partial charge in [-0.15, -0.1) is 0 Å². The van der Waals surface area contributed by atoms with Crippen LogP contribution in [-0.4, -0.2) is 48.9 Å². The summed E-state index contributed by atoms with van der Waals surface area (Å²) >= 11 is 0. The molecule has 0 spiro atoms. The van der Waals surface area contributed by atoms with Gasteiger partial charge >= 0.3 is 0 Å². The summed E-state index contributed by atoms with van der Waals surface area (Å²) in [6, 6.07) is 10.0. The van der Waals surface area contributed by atoms with E-state index in [1.807, 2.05) is 19.0 Å². The van der Waals surface area contributed by atoms with Gasteiger partial charge < -0.3 is 15.5 Å². The van der Waals surface area contributed by atoms with Crippen LogP contribution >= 0.6 is 0 Å². The number of hydrogen-bond donors (Lipinski definition) is 2. The highest BCUT2D eigenvalue weighted by Crippen LogP contribution is 2.10. The molecule has 0 aliphatic rings. The number of rotatable bonds is 6. The van der Waals surface area contributed by atoms with E-state index in [9.17, 15) is 14.0 Å². The quantitative estimate of drug-likeness (QED) is 0.846. The lowest BCUT2D eigenvalue weighted by atomic mass is 10.2. The summed E-state index contributed by atoms with van der Waals surface area (Å²) in [6.45, 7) is 1.19. The third-order valence-electron chi connectivity index (χ3n) is 3.16. The summed E-state index contributed by atoms with van der Waals surface area (Å²) in [7, 11) is 3.82. The molecule has 0 aliphatic heterocycles. The van der Waals surface area contributed by atoms with Crippen molar-refractivity contribution in [2.75, 3.05) is 32.5 Å².